The van der Waals surface area contributed by atoms with Gasteiger partial charge in [0, 0.05) is 24.9 Å². The molecule has 0 radical (unpaired) electrons. The van der Waals surface area contributed by atoms with Crippen LogP contribution < -0.4 is 4.74 Å². The first kappa shape index (κ1) is 22.3. The zero-order valence-corrected chi connectivity index (χ0v) is 19.0. The molecule has 3 aromatic rings. The highest BCUT2D eigenvalue weighted by molar-refractivity contribution is 5.91. The van der Waals surface area contributed by atoms with Gasteiger partial charge in [0.15, 0.2) is 0 Å². The number of fused-ring (bicyclic) bond motifs is 1. The van der Waals surface area contributed by atoms with E-state index in [1.165, 1.54) is 12.7 Å². The molecule has 0 unspecified atom stereocenters. The Morgan fingerprint density at radius 3 is 2.53 bits per heavy atom. The minimum atomic E-state index is -0.471. The standard InChI is InChI=1S/C25H31N3O4/c1-17(2)32-23-21(24(29)30-3)13-28-14-22(26-25(28)27-23)20-11-9-19(10-12-20)16-31-15-18-7-5-4-6-8-18/h4-8,13-14,17,19-20H,9-12,15-16H2,1-3H3/t19-,20-. The Balaban J connectivity index is 1.39. The number of methoxy groups -OCH3 is 1. The number of carbonyl (C=O) groups excluding carboxylic acids is 1. The van der Waals surface area contributed by atoms with E-state index in [0.29, 0.717) is 29.8 Å². The molecule has 2 heterocycles. The quantitative estimate of drug-likeness (QED) is 0.472. The largest absolute Gasteiger partial charge is 0.474 e. The minimum absolute atomic E-state index is 0.109. The van der Waals surface area contributed by atoms with Gasteiger partial charge in [-0.2, -0.15) is 4.98 Å². The minimum Gasteiger partial charge on any atom is -0.474 e. The zero-order chi connectivity index (χ0) is 22.5. The maximum absolute atomic E-state index is 12.2. The summed E-state index contributed by atoms with van der Waals surface area (Å²) in [7, 11) is 1.35. The molecule has 1 aliphatic carbocycles. The van der Waals surface area contributed by atoms with E-state index >= 15 is 0 Å². The smallest absolute Gasteiger partial charge is 0.344 e. The summed E-state index contributed by atoms with van der Waals surface area (Å²) in [6, 6.07) is 10.3. The highest BCUT2D eigenvalue weighted by atomic mass is 16.5. The summed E-state index contributed by atoms with van der Waals surface area (Å²) in [5, 5.41) is 0. The molecule has 4 rings (SSSR count). The number of imidazole rings is 1. The van der Waals surface area contributed by atoms with Gasteiger partial charge in [-0.15, -0.1) is 0 Å². The summed E-state index contributed by atoms with van der Waals surface area (Å²) in [4.78, 5) is 21.4. The van der Waals surface area contributed by atoms with Crippen LogP contribution in [0.15, 0.2) is 42.7 Å². The lowest BCUT2D eigenvalue weighted by molar-refractivity contribution is 0.0592. The van der Waals surface area contributed by atoms with E-state index in [9.17, 15) is 4.79 Å². The van der Waals surface area contributed by atoms with Gasteiger partial charge in [0.2, 0.25) is 11.7 Å². The Kier molecular flexibility index (Phi) is 7.05. The molecule has 0 atom stereocenters. The number of esters is 1. The van der Waals surface area contributed by atoms with Gasteiger partial charge in [0.05, 0.1) is 25.5 Å². The lowest BCUT2D eigenvalue weighted by Gasteiger charge is -2.27. The van der Waals surface area contributed by atoms with E-state index in [-0.39, 0.29) is 12.0 Å². The van der Waals surface area contributed by atoms with Gasteiger partial charge < -0.3 is 14.2 Å². The Morgan fingerprint density at radius 1 is 1.09 bits per heavy atom. The first-order chi connectivity index (χ1) is 15.5. The van der Waals surface area contributed by atoms with Crippen molar-refractivity contribution in [2.75, 3.05) is 13.7 Å². The summed E-state index contributed by atoms with van der Waals surface area (Å²) in [5.41, 5.74) is 2.53. The fourth-order valence-corrected chi connectivity index (χ4v) is 4.23. The van der Waals surface area contributed by atoms with Crippen molar-refractivity contribution in [2.45, 2.75) is 58.2 Å². The third-order valence-electron chi connectivity index (χ3n) is 5.91. The average molecular weight is 438 g/mol. The van der Waals surface area contributed by atoms with Gasteiger partial charge in [-0.05, 0) is 51.0 Å². The highest BCUT2D eigenvalue weighted by Gasteiger charge is 2.26. The molecule has 32 heavy (non-hydrogen) atoms. The average Bonchev–Trinajstić information content (AvgIpc) is 3.22. The van der Waals surface area contributed by atoms with Crippen LogP contribution in [0.3, 0.4) is 0 Å². The van der Waals surface area contributed by atoms with Gasteiger partial charge in [-0.1, -0.05) is 30.3 Å². The van der Waals surface area contributed by atoms with Gasteiger partial charge in [0.25, 0.3) is 0 Å². The number of rotatable bonds is 8. The van der Waals surface area contributed by atoms with E-state index in [1.54, 1.807) is 10.6 Å². The van der Waals surface area contributed by atoms with Gasteiger partial charge in [-0.25, -0.2) is 9.78 Å². The SMILES string of the molecule is COC(=O)c1cn2cc([C@H]3CC[C@H](COCc4ccccc4)CC3)nc2nc1OC(C)C. The van der Waals surface area contributed by atoms with Crippen molar-refractivity contribution in [3.05, 3.63) is 59.5 Å². The number of hydrogen-bond acceptors (Lipinski definition) is 6. The number of carbonyl (C=O) groups is 1. The molecule has 1 saturated carbocycles. The molecule has 0 aliphatic heterocycles. The molecule has 7 nitrogen and oxygen atoms in total. The second-order valence-corrected chi connectivity index (χ2v) is 8.71. The maximum Gasteiger partial charge on any atom is 0.344 e. The first-order valence-corrected chi connectivity index (χ1v) is 11.3. The van der Waals surface area contributed by atoms with Crippen molar-refractivity contribution >= 4 is 11.7 Å². The van der Waals surface area contributed by atoms with Crippen molar-refractivity contribution in [2.24, 2.45) is 5.92 Å². The van der Waals surface area contributed by atoms with Crippen LogP contribution in [0.1, 0.15) is 67.1 Å². The molecule has 170 valence electrons. The third-order valence-corrected chi connectivity index (χ3v) is 5.91. The van der Waals surface area contributed by atoms with E-state index in [1.807, 2.05) is 38.2 Å². The van der Waals surface area contributed by atoms with Crippen molar-refractivity contribution in [3.63, 3.8) is 0 Å². The number of ether oxygens (including phenoxy) is 3. The van der Waals surface area contributed by atoms with Crippen molar-refractivity contribution in [1.82, 2.24) is 14.4 Å². The molecule has 0 bridgehead atoms. The molecule has 0 saturated heterocycles. The van der Waals surface area contributed by atoms with Gasteiger partial charge >= 0.3 is 5.97 Å². The Hall–Kier alpha value is -2.93. The molecule has 2 aromatic heterocycles. The Morgan fingerprint density at radius 2 is 1.84 bits per heavy atom. The van der Waals surface area contributed by atoms with Crippen molar-refractivity contribution in [1.29, 1.82) is 0 Å². The van der Waals surface area contributed by atoms with Crippen LogP contribution in [0.5, 0.6) is 5.88 Å². The van der Waals surface area contributed by atoms with E-state index in [4.69, 9.17) is 19.2 Å². The fraction of sp³-hybridized carbons (Fsp3) is 0.480. The van der Waals surface area contributed by atoms with E-state index in [0.717, 1.165) is 38.0 Å². The van der Waals surface area contributed by atoms with Crippen molar-refractivity contribution in [3.8, 4) is 5.88 Å². The van der Waals surface area contributed by atoms with E-state index in [2.05, 4.69) is 17.1 Å². The molecular weight excluding hydrogens is 406 g/mol. The predicted molar refractivity (Wildman–Crippen MR) is 121 cm³/mol. The summed E-state index contributed by atoms with van der Waals surface area (Å²) < 4.78 is 18.4. The lowest BCUT2D eigenvalue weighted by Crippen LogP contribution is -2.18. The normalized spacial score (nSPS) is 18.8. The molecule has 1 aromatic carbocycles. The van der Waals surface area contributed by atoms with Crippen LogP contribution in [0.4, 0.5) is 0 Å². The molecule has 1 aliphatic rings. The third kappa shape index (κ3) is 5.27. The number of benzene rings is 1. The zero-order valence-electron chi connectivity index (χ0n) is 19.0. The second-order valence-electron chi connectivity index (χ2n) is 8.71. The molecule has 0 N–H and O–H groups in total. The van der Waals surface area contributed by atoms with Crippen molar-refractivity contribution < 1.29 is 19.0 Å². The lowest BCUT2D eigenvalue weighted by atomic mass is 9.81. The number of hydrogen-bond donors (Lipinski definition) is 0. The predicted octanol–water partition coefficient (Wildman–Crippen LogP) is 4.79. The van der Waals surface area contributed by atoms with Gasteiger partial charge in [-0.3, -0.25) is 4.40 Å². The molecular formula is C25H31N3O4. The first-order valence-electron chi connectivity index (χ1n) is 11.3. The van der Waals surface area contributed by atoms with Crippen LogP contribution >= 0.6 is 0 Å². The topological polar surface area (TPSA) is 75.0 Å². The Labute approximate surface area is 188 Å². The van der Waals surface area contributed by atoms with Crippen LogP contribution in [-0.2, 0) is 16.1 Å². The summed E-state index contributed by atoms with van der Waals surface area (Å²) >= 11 is 0. The summed E-state index contributed by atoms with van der Waals surface area (Å²) in [6.45, 7) is 5.26. The highest BCUT2D eigenvalue weighted by Crippen LogP contribution is 2.36. The van der Waals surface area contributed by atoms with Crippen LogP contribution in [0, 0.1) is 5.92 Å². The summed E-state index contributed by atoms with van der Waals surface area (Å²) in [6.07, 6.45) is 7.95. The second kappa shape index (κ2) is 10.1. The van der Waals surface area contributed by atoms with E-state index < -0.39 is 5.97 Å². The number of nitrogens with zero attached hydrogens (tertiary/aromatic N) is 3. The van der Waals surface area contributed by atoms with Crippen LogP contribution in [0.25, 0.3) is 5.78 Å². The number of aromatic nitrogens is 3. The molecule has 7 heteroatoms. The van der Waals surface area contributed by atoms with Crippen LogP contribution in [-0.4, -0.2) is 40.2 Å². The fourth-order valence-electron chi connectivity index (χ4n) is 4.23. The summed E-state index contributed by atoms with van der Waals surface area (Å²) in [5.74, 6) is 1.30. The van der Waals surface area contributed by atoms with Gasteiger partial charge in [0.1, 0.15) is 5.56 Å². The van der Waals surface area contributed by atoms with Crippen LogP contribution in [0.2, 0.25) is 0 Å². The Bertz CT molecular complexity index is 1040. The molecule has 1 fully saturated rings. The maximum atomic E-state index is 12.2. The monoisotopic (exact) mass is 437 g/mol. The molecule has 0 spiro atoms. The molecule has 0 amide bonds.